The van der Waals surface area contributed by atoms with Crippen LogP contribution in [-0.2, 0) is 20.8 Å². The Bertz CT molecular complexity index is 1130. The van der Waals surface area contributed by atoms with Gasteiger partial charge in [0.25, 0.3) is 5.91 Å². The van der Waals surface area contributed by atoms with E-state index in [-0.39, 0.29) is 25.5 Å². The Kier molecular flexibility index (Phi) is 11.7. The Balaban J connectivity index is 1.89. The van der Waals surface area contributed by atoms with E-state index >= 15 is 0 Å². The summed E-state index contributed by atoms with van der Waals surface area (Å²) in [5, 5.41) is 8.34. The second-order valence-corrected chi connectivity index (χ2v) is 9.99. The van der Waals surface area contributed by atoms with E-state index in [0.717, 1.165) is 56.3 Å². The van der Waals surface area contributed by atoms with Crippen LogP contribution in [0.1, 0.15) is 72.0 Å². The second kappa shape index (κ2) is 15.2. The van der Waals surface area contributed by atoms with E-state index in [9.17, 15) is 9.59 Å². The number of oxime groups is 1. The van der Waals surface area contributed by atoms with Crippen molar-refractivity contribution in [2.75, 3.05) is 26.2 Å². The molecule has 1 aromatic rings. The number of hydrogen-bond donors (Lipinski definition) is 0. The third-order valence-corrected chi connectivity index (χ3v) is 7.17. The zero-order chi connectivity index (χ0) is 27.3. The van der Waals surface area contributed by atoms with Gasteiger partial charge < -0.3 is 14.5 Å². The number of amides is 1. The molecular weight excluding hydrogens is 506 g/mol. The van der Waals surface area contributed by atoms with Gasteiger partial charge >= 0.3 is 5.97 Å². The molecule has 2 aliphatic heterocycles. The van der Waals surface area contributed by atoms with Gasteiger partial charge in [-0.25, -0.2) is 4.79 Å². The smallest absolute Gasteiger partial charge is 0.339 e. The lowest BCUT2D eigenvalue weighted by atomic mass is 9.94. The van der Waals surface area contributed by atoms with Crippen LogP contribution >= 0.6 is 11.6 Å². The van der Waals surface area contributed by atoms with Crippen molar-refractivity contribution in [1.29, 1.82) is 0 Å². The van der Waals surface area contributed by atoms with Gasteiger partial charge in [0, 0.05) is 42.4 Å². The molecule has 0 aliphatic carbocycles. The van der Waals surface area contributed by atoms with Crippen LogP contribution in [0.2, 0.25) is 5.02 Å². The van der Waals surface area contributed by atoms with Gasteiger partial charge in [-0.05, 0) is 80.7 Å². The molecule has 10 heteroatoms. The van der Waals surface area contributed by atoms with E-state index in [4.69, 9.17) is 26.7 Å². The highest BCUT2D eigenvalue weighted by molar-refractivity contribution is 6.33. The van der Waals surface area contributed by atoms with Gasteiger partial charge in [0.1, 0.15) is 6.10 Å². The van der Waals surface area contributed by atoms with Crippen molar-refractivity contribution in [3.05, 3.63) is 68.1 Å². The minimum Gasteiger partial charge on any atom is -0.458 e. The number of allylic oxidation sites excluding steroid dienone is 3. The molecule has 1 saturated heterocycles. The number of ether oxygens (including phenoxy) is 1. The summed E-state index contributed by atoms with van der Waals surface area (Å²) in [6.45, 7) is 5.33. The highest BCUT2D eigenvalue weighted by Gasteiger charge is 2.24. The van der Waals surface area contributed by atoms with Crippen LogP contribution in [0.4, 0.5) is 0 Å². The number of fused-ring (bicyclic) bond motifs is 1. The number of halogens is 1. The normalized spacial score (nSPS) is 21.4. The Labute approximate surface area is 229 Å². The SMILES string of the molecule is Cc1cc(C)c2c(c1Cl)CC(=NOCC(=O)N1CCCCC1)/C=C/CC/C=C/CC(CCN=[N+]=[N-])OC2=O. The molecule has 1 aromatic carbocycles. The topological polar surface area (TPSA) is 117 Å². The number of rotatable bonds is 6. The van der Waals surface area contributed by atoms with Crippen molar-refractivity contribution in [1.82, 2.24) is 4.90 Å². The monoisotopic (exact) mass is 541 g/mol. The Hall–Kier alpha value is -3.29. The van der Waals surface area contributed by atoms with Crippen LogP contribution in [0.15, 0.2) is 40.6 Å². The maximum Gasteiger partial charge on any atom is 0.339 e. The predicted octanol–water partition coefficient (Wildman–Crippen LogP) is 6.41. The van der Waals surface area contributed by atoms with E-state index in [1.807, 2.05) is 49.1 Å². The van der Waals surface area contributed by atoms with Gasteiger partial charge in [-0.2, -0.15) is 0 Å². The average molecular weight is 542 g/mol. The number of likely N-dealkylation sites (tertiary alicyclic amines) is 1. The lowest BCUT2D eigenvalue weighted by Gasteiger charge is -2.26. The van der Waals surface area contributed by atoms with Gasteiger partial charge in [0.15, 0.2) is 6.61 Å². The predicted molar refractivity (Wildman–Crippen MR) is 148 cm³/mol. The molecule has 1 unspecified atom stereocenters. The molecule has 3 rings (SSSR count). The number of esters is 1. The zero-order valence-electron chi connectivity index (χ0n) is 22.2. The zero-order valence-corrected chi connectivity index (χ0v) is 23.0. The van der Waals surface area contributed by atoms with E-state index in [2.05, 4.69) is 15.2 Å². The number of aryl methyl sites for hydroxylation is 2. The van der Waals surface area contributed by atoms with Gasteiger partial charge in [0.05, 0.1) is 11.3 Å². The minimum absolute atomic E-state index is 0.0791. The molecule has 0 bridgehead atoms. The van der Waals surface area contributed by atoms with Crippen molar-refractivity contribution in [3.63, 3.8) is 0 Å². The van der Waals surface area contributed by atoms with Crippen LogP contribution in [0.25, 0.3) is 10.4 Å². The lowest BCUT2D eigenvalue weighted by molar-refractivity contribution is -0.137. The summed E-state index contributed by atoms with van der Waals surface area (Å²) in [6, 6.07) is 1.86. The number of azide groups is 1. The number of hydrogen-bond acceptors (Lipinski definition) is 6. The Morgan fingerprint density at radius 3 is 2.71 bits per heavy atom. The molecule has 1 amide bonds. The van der Waals surface area contributed by atoms with Crippen LogP contribution in [0, 0.1) is 13.8 Å². The highest BCUT2D eigenvalue weighted by atomic mass is 35.5. The second-order valence-electron chi connectivity index (χ2n) is 9.61. The largest absolute Gasteiger partial charge is 0.458 e. The molecule has 1 atom stereocenters. The number of carbonyl (C=O) groups excluding carboxylic acids is 2. The number of piperidine rings is 1. The summed E-state index contributed by atoms with van der Waals surface area (Å²) in [5.74, 6) is -0.565. The first-order chi connectivity index (χ1) is 18.4. The first kappa shape index (κ1) is 29.3. The van der Waals surface area contributed by atoms with Crippen molar-refractivity contribution in [2.24, 2.45) is 10.3 Å². The molecular formula is C28H36ClN5O4. The summed E-state index contributed by atoms with van der Waals surface area (Å²) >= 11 is 6.74. The summed E-state index contributed by atoms with van der Waals surface area (Å²) in [4.78, 5) is 36.1. The Morgan fingerprint density at radius 1 is 1.18 bits per heavy atom. The molecule has 0 spiro atoms. The highest BCUT2D eigenvalue weighted by Crippen LogP contribution is 2.30. The van der Waals surface area contributed by atoms with Crippen molar-refractivity contribution in [3.8, 4) is 0 Å². The van der Waals surface area contributed by atoms with E-state index in [1.54, 1.807) is 0 Å². The third-order valence-electron chi connectivity index (χ3n) is 6.64. The van der Waals surface area contributed by atoms with Gasteiger partial charge in [0.2, 0.25) is 0 Å². The van der Waals surface area contributed by atoms with Crippen molar-refractivity contribution >= 4 is 29.2 Å². The lowest BCUT2D eigenvalue weighted by Crippen LogP contribution is -2.37. The fourth-order valence-electron chi connectivity index (χ4n) is 4.66. The number of cyclic esters (lactones) is 1. The molecule has 2 aliphatic rings. The molecule has 204 valence electrons. The summed E-state index contributed by atoms with van der Waals surface area (Å²) in [5.41, 5.74) is 11.8. The maximum absolute atomic E-state index is 13.4. The van der Waals surface area contributed by atoms with Gasteiger partial charge in [-0.15, -0.1) is 0 Å². The molecule has 1 fully saturated rings. The standard InChI is InChI=1S/C28H36ClN5O4/c1-20-17-21(2)27(29)24-18-22(32-37-19-25(35)34-15-9-6-10-16-34)11-7-4-3-5-8-12-23(13-14-31-33-30)38-28(36)26(20)24/h5,7-8,11,17,23H,3-4,6,9-10,12-16,18-19H2,1-2H3/b8-5+,11-7+,32-22?. The first-order valence-corrected chi connectivity index (χ1v) is 13.6. The van der Waals surface area contributed by atoms with Crippen molar-refractivity contribution < 1.29 is 19.2 Å². The molecule has 9 nitrogen and oxygen atoms in total. The van der Waals surface area contributed by atoms with Crippen LogP contribution < -0.4 is 0 Å². The quantitative estimate of drug-likeness (QED) is 0.103. The fourth-order valence-corrected chi connectivity index (χ4v) is 4.88. The van der Waals surface area contributed by atoms with Gasteiger partial charge in [-0.3, -0.25) is 4.79 Å². The number of nitrogens with zero attached hydrogens (tertiary/aromatic N) is 5. The Morgan fingerprint density at radius 2 is 1.95 bits per heavy atom. The summed E-state index contributed by atoms with van der Waals surface area (Å²) in [7, 11) is 0. The third kappa shape index (κ3) is 8.64. The minimum atomic E-state index is -0.486. The molecule has 2 heterocycles. The molecule has 38 heavy (non-hydrogen) atoms. The van der Waals surface area contributed by atoms with E-state index in [1.165, 1.54) is 0 Å². The van der Waals surface area contributed by atoms with Crippen LogP contribution in [0.3, 0.4) is 0 Å². The van der Waals surface area contributed by atoms with Crippen molar-refractivity contribution in [2.45, 2.75) is 71.3 Å². The number of carbonyl (C=O) groups is 2. The fraction of sp³-hybridized carbons (Fsp3) is 0.536. The van der Waals surface area contributed by atoms with E-state index < -0.39 is 12.1 Å². The summed E-state index contributed by atoms with van der Waals surface area (Å²) < 4.78 is 5.89. The first-order valence-electron chi connectivity index (χ1n) is 13.2. The molecule has 0 aromatic heterocycles. The molecule has 0 saturated carbocycles. The number of benzene rings is 1. The summed E-state index contributed by atoms with van der Waals surface area (Å²) in [6.07, 6.45) is 13.3. The average Bonchev–Trinajstić information content (AvgIpc) is 2.90. The van der Waals surface area contributed by atoms with E-state index in [0.29, 0.717) is 34.7 Å². The van der Waals surface area contributed by atoms with Crippen LogP contribution in [-0.4, -0.2) is 54.8 Å². The maximum atomic E-state index is 13.4. The molecule has 0 N–H and O–H groups in total. The molecule has 0 radical (unpaired) electrons. The van der Waals surface area contributed by atoms with Gasteiger partial charge in [-0.1, -0.05) is 46.2 Å². The van der Waals surface area contributed by atoms with Crippen LogP contribution in [0.5, 0.6) is 0 Å².